The third-order valence-corrected chi connectivity index (χ3v) is 4.44. The van der Waals surface area contributed by atoms with E-state index in [2.05, 4.69) is 4.72 Å². The van der Waals surface area contributed by atoms with Gasteiger partial charge in [0.05, 0.1) is 5.75 Å². The molecule has 0 aromatic carbocycles. The van der Waals surface area contributed by atoms with E-state index in [9.17, 15) is 18.0 Å². The van der Waals surface area contributed by atoms with Crippen LogP contribution in [0.1, 0.15) is 32.6 Å². The molecular formula is C11H20N2O5S. The summed E-state index contributed by atoms with van der Waals surface area (Å²) in [7, 11) is -3.49. The third kappa shape index (κ3) is 6.02. The SMILES string of the molecule is CC(CN1CCCC1=O)NS(=O)(=O)CCCC(=O)O. The zero-order chi connectivity index (χ0) is 14.5. The van der Waals surface area contributed by atoms with Crippen molar-refractivity contribution in [2.45, 2.75) is 38.6 Å². The number of hydrogen-bond donors (Lipinski definition) is 2. The molecule has 0 radical (unpaired) electrons. The maximum absolute atomic E-state index is 11.7. The zero-order valence-electron chi connectivity index (χ0n) is 11.0. The van der Waals surface area contributed by atoms with Gasteiger partial charge in [-0.15, -0.1) is 0 Å². The van der Waals surface area contributed by atoms with Crippen molar-refractivity contribution in [1.82, 2.24) is 9.62 Å². The van der Waals surface area contributed by atoms with Crippen LogP contribution in [-0.2, 0) is 19.6 Å². The van der Waals surface area contributed by atoms with Gasteiger partial charge < -0.3 is 10.0 Å². The number of carbonyl (C=O) groups excluding carboxylic acids is 1. The Labute approximate surface area is 113 Å². The lowest BCUT2D eigenvalue weighted by molar-refractivity contribution is -0.137. The Kier molecular flexibility index (Phi) is 5.74. The van der Waals surface area contributed by atoms with E-state index in [0.717, 1.165) is 6.42 Å². The highest BCUT2D eigenvalue weighted by Crippen LogP contribution is 2.10. The molecule has 0 bridgehead atoms. The van der Waals surface area contributed by atoms with Crippen LogP contribution in [0.3, 0.4) is 0 Å². The van der Waals surface area contributed by atoms with E-state index in [-0.39, 0.29) is 30.5 Å². The Morgan fingerprint density at radius 1 is 1.53 bits per heavy atom. The highest BCUT2D eigenvalue weighted by molar-refractivity contribution is 7.89. The highest BCUT2D eigenvalue weighted by Gasteiger charge is 2.23. The van der Waals surface area contributed by atoms with E-state index in [0.29, 0.717) is 19.5 Å². The van der Waals surface area contributed by atoms with Gasteiger partial charge in [0.1, 0.15) is 0 Å². The molecule has 0 aliphatic carbocycles. The van der Waals surface area contributed by atoms with Crippen LogP contribution in [-0.4, -0.2) is 55.2 Å². The van der Waals surface area contributed by atoms with Crippen LogP contribution >= 0.6 is 0 Å². The summed E-state index contributed by atoms with van der Waals surface area (Å²) in [6.45, 7) is 2.72. The molecule has 110 valence electrons. The normalized spacial score (nSPS) is 17.7. The topological polar surface area (TPSA) is 104 Å². The number of nitrogens with zero attached hydrogens (tertiary/aromatic N) is 1. The minimum Gasteiger partial charge on any atom is -0.481 e. The van der Waals surface area contributed by atoms with Crippen molar-refractivity contribution in [2.75, 3.05) is 18.8 Å². The second-order valence-electron chi connectivity index (χ2n) is 4.78. The molecule has 8 heteroatoms. The summed E-state index contributed by atoms with van der Waals surface area (Å²) in [6.07, 6.45) is 1.26. The Balaban J connectivity index is 2.35. The first-order chi connectivity index (χ1) is 8.80. The van der Waals surface area contributed by atoms with Gasteiger partial charge in [0, 0.05) is 32.0 Å². The molecule has 0 aromatic rings. The zero-order valence-corrected chi connectivity index (χ0v) is 11.8. The summed E-state index contributed by atoms with van der Waals surface area (Å²) in [6, 6.07) is -0.364. The molecule has 7 nitrogen and oxygen atoms in total. The van der Waals surface area contributed by atoms with E-state index in [1.165, 1.54) is 0 Å². The predicted molar refractivity (Wildman–Crippen MR) is 69.1 cm³/mol. The van der Waals surface area contributed by atoms with Crippen LogP contribution < -0.4 is 4.72 Å². The Bertz CT molecular complexity index is 434. The van der Waals surface area contributed by atoms with Gasteiger partial charge in [-0.1, -0.05) is 0 Å². The second-order valence-corrected chi connectivity index (χ2v) is 6.65. The lowest BCUT2D eigenvalue weighted by Gasteiger charge is -2.21. The van der Waals surface area contributed by atoms with Gasteiger partial charge in [-0.2, -0.15) is 0 Å². The van der Waals surface area contributed by atoms with Gasteiger partial charge in [-0.05, 0) is 19.8 Å². The predicted octanol–water partition coefficient (Wildman–Crippen LogP) is -0.218. The van der Waals surface area contributed by atoms with E-state index in [1.54, 1.807) is 11.8 Å². The van der Waals surface area contributed by atoms with E-state index >= 15 is 0 Å². The third-order valence-electron chi connectivity index (χ3n) is 2.85. The molecule has 1 saturated heterocycles. The minimum atomic E-state index is -3.49. The quantitative estimate of drug-likeness (QED) is 0.644. The number of amides is 1. The second kappa shape index (κ2) is 6.85. The monoisotopic (exact) mass is 292 g/mol. The van der Waals surface area contributed by atoms with Gasteiger partial charge in [0.25, 0.3) is 0 Å². The first-order valence-electron chi connectivity index (χ1n) is 6.30. The number of aliphatic carboxylic acids is 1. The Hall–Kier alpha value is -1.15. The van der Waals surface area contributed by atoms with Gasteiger partial charge in [-0.3, -0.25) is 9.59 Å². The molecule has 0 aromatic heterocycles. The first kappa shape index (κ1) is 15.9. The van der Waals surface area contributed by atoms with Crippen LogP contribution in [0.4, 0.5) is 0 Å². The molecule has 1 aliphatic heterocycles. The van der Waals surface area contributed by atoms with E-state index < -0.39 is 16.0 Å². The van der Waals surface area contributed by atoms with Gasteiger partial charge in [-0.25, -0.2) is 13.1 Å². The van der Waals surface area contributed by atoms with Crippen molar-refractivity contribution in [3.05, 3.63) is 0 Å². The van der Waals surface area contributed by atoms with E-state index in [1.807, 2.05) is 0 Å². The molecule has 2 N–H and O–H groups in total. The summed E-state index contributed by atoms with van der Waals surface area (Å²) in [4.78, 5) is 23.4. The molecule has 1 atom stereocenters. The van der Waals surface area contributed by atoms with Crippen LogP contribution in [0.25, 0.3) is 0 Å². The van der Waals surface area contributed by atoms with Crippen molar-refractivity contribution < 1.29 is 23.1 Å². The maximum Gasteiger partial charge on any atom is 0.303 e. The average Bonchev–Trinajstić information content (AvgIpc) is 2.62. The van der Waals surface area contributed by atoms with Crippen molar-refractivity contribution in [2.24, 2.45) is 0 Å². The number of carboxylic acid groups (broad SMARTS) is 1. The van der Waals surface area contributed by atoms with Crippen LogP contribution in [0, 0.1) is 0 Å². The fourth-order valence-corrected chi connectivity index (χ4v) is 3.37. The molecule has 0 spiro atoms. The summed E-state index contributed by atoms with van der Waals surface area (Å²) < 4.78 is 25.8. The Morgan fingerprint density at radius 3 is 2.74 bits per heavy atom. The lowest BCUT2D eigenvalue weighted by Crippen LogP contribution is -2.43. The van der Waals surface area contributed by atoms with E-state index in [4.69, 9.17) is 5.11 Å². The number of nitrogens with one attached hydrogen (secondary N) is 1. The molecule has 0 saturated carbocycles. The maximum atomic E-state index is 11.7. The van der Waals surface area contributed by atoms with Crippen molar-refractivity contribution in [3.63, 3.8) is 0 Å². The van der Waals surface area contributed by atoms with Gasteiger partial charge in [0.15, 0.2) is 0 Å². The van der Waals surface area contributed by atoms with Crippen molar-refractivity contribution in [3.8, 4) is 0 Å². The standard InChI is InChI=1S/C11H20N2O5S/c1-9(8-13-6-2-4-10(13)14)12-19(17,18)7-3-5-11(15)16/h9,12H,2-8H2,1H3,(H,15,16). The van der Waals surface area contributed by atoms with Crippen molar-refractivity contribution in [1.29, 1.82) is 0 Å². The van der Waals surface area contributed by atoms with Gasteiger partial charge in [0.2, 0.25) is 15.9 Å². The molecule has 19 heavy (non-hydrogen) atoms. The number of sulfonamides is 1. The van der Waals surface area contributed by atoms with Crippen LogP contribution in [0.2, 0.25) is 0 Å². The summed E-state index contributed by atoms with van der Waals surface area (Å²) >= 11 is 0. The summed E-state index contributed by atoms with van der Waals surface area (Å²) in [5.74, 6) is -1.17. The average molecular weight is 292 g/mol. The summed E-state index contributed by atoms with van der Waals surface area (Å²) in [5, 5.41) is 8.45. The summed E-state index contributed by atoms with van der Waals surface area (Å²) in [5.41, 5.74) is 0. The molecule has 1 heterocycles. The molecule has 1 amide bonds. The number of rotatable bonds is 8. The fourth-order valence-electron chi connectivity index (χ4n) is 2.04. The van der Waals surface area contributed by atoms with Crippen molar-refractivity contribution >= 4 is 21.9 Å². The van der Waals surface area contributed by atoms with Gasteiger partial charge >= 0.3 is 5.97 Å². The first-order valence-corrected chi connectivity index (χ1v) is 7.95. The molecule has 1 fully saturated rings. The number of carbonyl (C=O) groups is 2. The van der Waals surface area contributed by atoms with Crippen LogP contribution in [0.5, 0.6) is 0 Å². The largest absolute Gasteiger partial charge is 0.481 e. The minimum absolute atomic E-state index is 0.0527. The lowest BCUT2D eigenvalue weighted by atomic mass is 10.3. The Morgan fingerprint density at radius 2 is 2.21 bits per heavy atom. The smallest absolute Gasteiger partial charge is 0.303 e. The number of hydrogen-bond acceptors (Lipinski definition) is 4. The molecule has 1 unspecified atom stereocenters. The number of likely N-dealkylation sites (tertiary alicyclic amines) is 1. The molecule has 1 rings (SSSR count). The highest BCUT2D eigenvalue weighted by atomic mass is 32.2. The number of carboxylic acids is 1. The molecule has 1 aliphatic rings. The fraction of sp³-hybridized carbons (Fsp3) is 0.818. The van der Waals surface area contributed by atoms with Crippen LogP contribution in [0.15, 0.2) is 0 Å². The molecular weight excluding hydrogens is 272 g/mol.